The average molecular weight is 261 g/mol. The van der Waals surface area contributed by atoms with Crippen LogP contribution in [0.15, 0.2) is 42.5 Å². The summed E-state index contributed by atoms with van der Waals surface area (Å²) in [5, 5.41) is 19.7. The summed E-state index contributed by atoms with van der Waals surface area (Å²) >= 11 is 0. The summed E-state index contributed by atoms with van der Waals surface area (Å²) < 4.78 is 0. The standard InChI is InChI=1S/C14H12O4.H3N/c15-13(16)8-12(14(17)18)11-7-3-5-9-4-1-2-6-10(9)11;/h1-7,12H,8H2,(H,15,16)(H,17,18);1H3. The molecule has 0 amide bonds. The topological polar surface area (TPSA) is 110 Å². The van der Waals surface area contributed by atoms with Crippen molar-refractivity contribution >= 4 is 22.7 Å². The van der Waals surface area contributed by atoms with Gasteiger partial charge in [-0.2, -0.15) is 0 Å². The Hall–Kier alpha value is -2.40. The van der Waals surface area contributed by atoms with Crippen molar-refractivity contribution in [3.05, 3.63) is 48.0 Å². The molecule has 2 rings (SSSR count). The molecule has 0 radical (unpaired) electrons. The summed E-state index contributed by atoms with van der Waals surface area (Å²) in [5.41, 5.74) is 0.544. The van der Waals surface area contributed by atoms with Gasteiger partial charge in [0.2, 0.25) is 0 Å². The fraction of sp³-hybridized carbons (Fsp3) is 0.143. The zero-order valence-electron chi connectivity index (χ0n) is 10.2. The van der Waals surface area contributed by atoms with Gasteiger partial charge in [-0.3, -0.25) is 9.59 Å². The maximum atomic E-state index is 11.2. The third-order valence-corrected chi connectivity index (χ3v) is 2.88. The van der Waals surface area contributed by atoms with E-state index in [0.717, 1.165) is 10.8 Å². The van der Waals surface area contributed by atoms with Crippen molar-refractivity contribution in [3.63, 3.8) is 0 Å². The zero-order valence-corrected chi connectivity index (χ0v) is 10.2. The van der Waals surface area contributed by atoms with Gasteiger partial charge in [0.15, 0.2) is 0 Å². The number of fused-ring (bicyclic) bond motifs is 1. The summed E-state index contributed by atoms with van der Waals surface area (Å²) in [7, 11) is 0. The molecular weight excluding hydrogens is 246 g/mol. The molecule has 1 unspecified atom stereocenters. The molecule has 5 nitrogen and oxygen atoms in total. The van der Waals surface area contributed by atoms with Gasteiger partial charge < -0.3 is 16.4 Å². The van der Waals surface area contributed by atoms with Crippen LogP contribution in [0, 0.1) is 0 Å². The monoisotopic (exact) mass is 261 g/mol. The normalized spacial score (nSPS) is 11.6. The Kier molecular flexibility index (Phi) is 4.61. The quantitative estimate of drug-likeness (QED) is 0.783. The summed E-state index contributed by atoms with van der Waals surface area (Å²) in [5.74, 6) is -3.25. The summed E-state index contributed by atoms with van der Waals surface area (Å²) in [6.45, 7) is 0. The lowest BCUT2D eigenvalue weighted by molar-refractivity contribution is -0.145. The number of carboxylic acids is 2. The first-order chi connectivity index (χ1) is 8.59. The van der Waals surface area contributed by atoms with Crippen molar-refractivity contribution in [1.82, 2.24) is 6.15 Å². The SMILES string of the molecule is N.O=C(O)CC(C(=O)O)c1cccc2ccccc12. The summed E-state index contributed by atoms with van der Waals surface area (Å²) in [6, 6.07) is 12.6. The zero-order chi connectivity index (χ0) is 13.1. The third kappa shape index (κ3) is 3.08. The molecule has 2 aromatic rings. The predicted molar refractivity (Wildman–Crippen MR) is 71.6 cm³/mol. The van der Waals surface area contributed by atoms with E-state index in [1.807, 2.05) is 30.3 Å². The van der Waals surface area contributed by atoms with Crippen LogP contribution in [0.4, 0.5) is 0 Å². The Morgan fingerprint density at radius 3 is 2.26 bits per heavy atom. The van der Waals surface area contributed by atoms with E-state index in [9.17, 15) is 14.7 Å². The van der Waals surface area contributed by atoms with Gasteiger partial charge in [-0.25, -0.2) is 0 Å². The minimum atomic E-state index is -1.12. The lowest BCUT2D eigenvalue weighted by Gasteiger charge is -2.13. The molecule has 0 saturated carbocycles. The maximum absolute atomic E-state index is 11.2. The van der Waals surface area contributed by atoms with E-state index >= 15 is 0 Å². The molecule has 100 valence electrons. The van der Waals surface area contributed by atoms with Crippen LogP contribution in [0.1, 0.15) is 17.9 Å². The molecular formula is C14H15NO4. The Balaban J connectivity index is 0.00000180. The van der Waals surface area contributed by atoms with Crippen molar-refractivity contribution in [1.29, 1.82) is 0 Å². The number of hydrogen-bond acceptors (Lipinski definition) is 3. The second-order valence-corrected chi connectivity index (χ2v) is 4.06. The molecule has 0 fully saturated rings. The highest BCUT2D eigenvalue weighted by Crippen LogP contribution is 2.28. The largest absolute Gasteiger partial charge is 0.481 e. The molecule has 0 aliphatic carbocycles. The van der Waals surface area contributed by atoms with Gasteiger partial charge in [-0.05, 0) is 16.3 Å². The second-order valence-electron chi connectivity index (χ2n) is 4.06. The van der Waals surface area contributed by atoms with E-state index in [1.54, 1.807) is 12.1 Å². The van der Waals surface area contributed by atoms with E-state index in [2.05, 4.69) is 0 Å². The first-order valence-electron chi connectivity index (χ1n) is 5.52. The number of rotatable bonds is 4. The number of hydrogen-bond donors (Lipinski definition) is 3. The van der Waals surface area contributed by atoms with Gasteiger partial charge in [0.05, 0.1) is 12.3 Å². The van der Waals surface area contributed by atoms with E-state index in [-0.39, 0.29) is 6.15 Å². The minimum absolute atomic E-state index is 0. The van der Waals surface area contributed by atoms with Crippen LogP contribution in [0.2, 0.25) is 0 Å². The van der Waals surface area contributed by atoms with Crippen LogP contribution < -0.4 is 6.15 Å². The lowest BCUT2D eigenvalue weighted by atomic mass is 9.91. The molecule has 1 atom stereocenters. The highest BCUT2D eigenvalue weighted by molar-refractivity contribution is 5.92. The van der Waals surface area contributed by atoms with E-state index < -0.39 is 24.3 Å². The highest BCUT2D eigenvalue weighted by Gasteiger charge is 2.24. The molecule has 0 spiro atoms. The first-order valence-corrected chi connectivity index (χ1v) is 5.52. The Labute approximate surface area is 110 Å². The highest BCUT2D eigenvalue weighted by atomic mass is 16.4. The molecule has 0 heterocycles. The van der Waals surface area contributed by atoms with Crippen molar-refractivity contribution in [3.8, 4) is 0 Å². The predicted octanol–water partition coefficient (Wildman–Crippen LogP) is 2.64. The third-order valence-electron chi connectivity index (χ3n) is 2.88. The summed E-state index contributed by atoms with van der Waals surface area (Å²) in [4.78, 5) is 22.0. The van der Waals surface area contributed by atoms with Gasteiger partial charge in [0, 0.05) is 0 Å². The Morgan fingerprint density at radius 2 is 1.63 bits per heavy atom. The van der Waals surface area contributed by atoms with Crippen molar-refractivity contribution in [2.24, 2.45) is 0 Å². The minimum Gasteiger partial charge on any atom is -0.481 e. The first kappa shape index (κ1) is 14.7. The molecule has 5 N–H and O–H groups in total. The van der Waals surface area contributed by atoms with Crippen LogP contribution in [0.3, 0.4) is 0 Å². The van der Waals surface area contributed by atoms with Gasteiger partial charge >= 0.3 is 11.9 Å². The number of aliphatic carboxylic acids is 2. The molecule has 0 aromatic heterocycles. The second kappa shape index (κ2) is 5.97. The van der Waals surface area contributed by atoms with Crippen molar-refractivity contribution in [2.75, 3.05) is 0 Å². The number of carboxylic acid groups (broad SMARTS) is 2. The smallest absolute Gasteiger partial charge is 0.311 e. The van der Waals surface area contributed by atoms with Crippen LogP contribution >= 0.6 is 0 Å². The van der Waals surface area contributed by atoms with Gasteiger partial charge in [-0.1, -0.05) is 42.5 Å². The van der Waals surface area contributed by atoms with Crippen LogP contribution in [0.5, 0.6) is 0 Å². The molecule has 0 aliphatic rings. The lowest BCUT2D eigenvalue weighted by Crippen LogP contribution is -2.16. The Bertz CT molecular complexity index is 604. The molecule has 0 bridgehead atoms. The van der Waals surface area contributed by atoms with Gasteiger partial charge in [-0.15, -0.1) is 0 Å². The summed E-state index contributed by atoms with van der Waals surface area (Å²) in [6.07, 6.45) is -0.413. The number of benzene rings is 2. The molecule has 0 aliphatic heterocycles. The molecule has 5 heteroatoms. The fourth-order valence-corrected chi connectivity index (χ4v) is 2.06. The average Bonchev–Trinajstić information content (AvgIpc) is 2.35. The fourth-order valence-electron chi connectivity index (χ4n) is 2.06. The molecule has 2 aromatic carbocycles. The van der Waals surface area contributed by atoms with Crippen LogP contribution in [-0.4, -0.2) is 22.2 Å². The van der Waals surface area contributed by atoms with Gasteiger partial charge in [0.25, 0.3) is 0 Å². The Morgan fingerprint density at radius 1 is 1.00 bits per heavy atom. The van der Waals surface area contributed by atoms with Gasteiger partial charge in [0.1, 0.15) is 0 Å². The molecule has 0 saturated heterocycles. The van der Waals surface area contributed by atoms with Crippen LogP contribution in [-0.2, 0) is 9.59 Å². The van der Waals surface area contributed by atoms with Crippen molar-refractivity contribution in [2.45, 2.75) is 12.3 Å². The van der Waals surface area contributed by atoms with Crippen molar-refractivity contribution < 1.29 is 19.8 Å². The van der Waals surface area contributed by atoms with E-state index in [0.29, 0.717) is 5.56 Å². The number of carbonyl (C=O) groups is 2. The van der Waals surface area contributed by atoms with E-state index in [4.69, 9.17) is 5.11 Å². The molecule has 19 heavy (non-hydrogen) atoms. The van der Waals surface area contributed by atoms with Crippen LogP contribution in [0.25, 0.3) is 10.8 Å². The maximum Gasteiger partial charge on any atom is 0.311 e. The van der Waals surface area contributed by atoms with E-state index in [1.165, 1.54) is 0 Å².